The Kier molecular flexibility index (Phi) is 3.29. The second kappa shape index (κ2) is 5.19. The fourth-order valence-corrected chi connectivity index (χ4v) is 3.34. The zero-order valence-corrected chi connectivity index (χ0v) is 12.4. The summed E-state index contributed by atoms with van der Waals surface area (Å²) in [6.45, 7) is 0.607. The molecule has 2 saturated heterocycles. The van der Waals surface area contributed by atoms with Gasteiger partial charge < -0.3 is 18.9 Å². The Hall–Kier alpha value is -1.69. The molecule has 3 aliphatic rings. The molecule has 2 aliphatic heterocycles. The highest BCUT2D eigenvalue weighted by Gasteiger charge is 2.54. The quantitative estimate of drug-likeness (QED) is 0.838. The Labute approximate surface area is 128 Å². The number of methoxy groups -OCH3 is 1. The number of benzene rings is 1. The first-order chi connectivity index (χ1) is 10.7. The highest BCUT2D eigenvalue weighted by atomic mass is 16.8. The van der Waals surface area contributed by atoms with Crippen molar-refractivity contribution in [2.24, 2.45) is 0 Å². The SMILES string of the molecule is COc1ccc([C@H]2O[C@@H]3CC(=O)C=C[C@@]34OCC[C@@H]2O4)cc1. The van der Waals surface area contributed by atoms with Gasteiger partial charge in [-0.15, -0.1) is 0 Å². The van der Waals surface area contributed by atoms with Crippen molar-refractivity contribution < 1.29 is 23.7 Å². The van der Waals surface area contributed by atoms with Gasteiger partial charge in [0.2, 0.25) is 5.79 Å². The molecule has 0 amide bonds. The molecule has 2 fully saturated rings. The smallest absolute Gasteiger partial charge is 0.216 e. The number of ketones is 1. The summed E-state index contributed by atoms with van der Waals surface area (Å²) < 4.78 is 23.4. The Morgan fingerprint density at radius 2 is 2.09 bits per heavy atom. The minimum atomic E-state index is -0.889. The lowest BCUT2D eigenvalue weighted by Crippen LogP contribution is -2.60. The number of carbonyl (C=O) groups excluding carboxylic acids is 1. The molecule has 0 N–H and O–H groups in total. The topological polar surface area (TPSA) is 54.0 Å². The van der Waals surface area contributed by atoms with Crippen molar-refractivity contribution >= 4 is 5.78 Å². The molecule has 0 radical (unpaired) electrons. The van der Waals surface area contributed by atoms with Crippen molar-refractivity contribution in [2.75, 3.05) is 13.7 Å². The van der Waals surface area contributed by atoms with Gasteiger partial charge >= 0.3 is 0 Å². The predicted octanol–water partition coefficient (Wildman–Crippen LogP) is 2.17. The molecule has 4 atom stereocenters. The molecule has 5 nitrogen and oxygen atoms in total. The van der Waals surface area contributed by atoms with Gasteiger partial charge in [0.25, 0.3) is 0 Å². The van der Waals surface area contributed by atoms with Gasteiger partial charge in [0.15, 0.2) is 5.78 Å². The van der Waals surface area contributed by atoms with E-state index in [2.05, 4.69) is 0 Å². The van der Waals surface area contributed by atoms with Crippen LogP contribution in [-0.2, 0) is 19.0 Å². The first kappa shape index (κ1) is 13.9. The molecule has 0 aromatic heterocycles. The van der Waals surface area contributed by atoms with Crippen LogP contribution in [0.4, 0.5) is 0 Å². The van der Waals surface area contributed by atoms with Crippen molar-refractivity contribution in [3.63, 3.8) is 0 Å². The van der Waals surface area contributed by atoms with E-state index in [4.69, 9.17) is 18.9 Å². The average molecular weight is 302 g/mol. The highest BCUT2D eigenvalue weighted by molar-refractivity contribution is 5.91. The molecule has 2 heterocycles. The van der Waals surface area contributed by atoms with E-state index >= 15 is 0 Å². The van der Waals surface area contributed by atoms with Gasteiger partial charge in [0.1, 0.15) is 18.0 Å². The van der Waals surface area contributed by atoms with E-state index < -0.39 is 11.9 Å². The fraction of sp³-hybridized carbons (Fsp3) is 0.471. The van der Waals surface area contributed by atoms with Gasteiger partial charge in [-0.3, -0.25) is 4.79 Å². The van der Waals surface area contributed by atoms with E-state index in [0.29, 0.717) is 6.61 Å². The number of hydrogen-bond donors (Lipinski definition) is 0. The van der Waals surface area contributed by atoms with Crippen LogP contribution in [0.2, 0.25) is 0 Å². The maximum atomic E-state index is 11.7. The Balaban J connectivity index is 1.65. The Morgan fingerprint density at radius 1 is 1.27 bits per heavy atom. The monoisotopic (exact) mass is 302 g/mol. The lowest BCUT2D eigenvalue weighted by Gasteiger charge is -2.52. The van der Waals surface area contributed by atoms with E-state index in [0.717, 1.165) is 17.7 Å². The van der Waals surface area contributed by atoms with Crippen molar-refractivity contribution in [1.82, 2.24) is 0 Å². The maximum Gasteiger partial charge on any atom is 0.216 e. The molecule has 0 unspecified atom stereocenters. The molecule has 1 aliphatic carbocycles. The number of allylic oxidation sites excluding steroid dienone is 1. The number of carbonyl (C=O) groups is 1. The molecular formula is C17H18O5. The molecule has 2 bridgehead atoms. The van der Waals surface area contributed by atoms with Crippen LogP contribution < -0.4 is 4.74 Å². The third-order valence-electron chi connectivity index (χ3n) is 4.50. The van der Waals surface area contributed by atoms with Gasteiger partial charge in [0, 0.05) is 12.8 Å². The summed E-state index contributed by atoms with van der Waals surface area (Å²) in [6, 6.07) is 7.78. The summed E-state index contributed by atoms with van der Waals surface area (Å²) in [4.78, 5) is 11.7. The second-order valence-corrected chi connectivity index (χ2v) is 5.84. The van der Waals surface area contributed by atoms with Crippen LogP contribution in [0, 0.1) is 0 Å². The minimum absolute atomic E-state index is 0.0420. The van der Waals surface area contributed by atoms with Crippen molar-refractivity contribution in [2.45, 2.75) is 36.9 Å². The van der Waals surface area contributed by atoms with Crippen molar-refractivity contribution in [3.8, 4) is 5.75 Å². The van der Waals surface area contributed by atoms with E-state index in [1.165, 1.54) is 6.08 Å². The fourth-order valence-electron chi connectivity index (χ4n) is 3.34. The summed E-state index contributed by atoms with van der Waals surface area (Å²) in [5.74, 6) is -0.0438. The molecular weight excluding hydrogens is 284 g/mol. The van der Waals surface area contributed by atoms with E-state index in [9.17, 15) is 4.79 Å². The van der Waals surface area contributed by atoms with Crippen LogP contribution in [0.1, 0.15) is 24.5 Å². The van der Waals surface area contributed by atoms with E-state index in [1.54, 1.807) is 13.2 Å². The van der Waals surface area contributed by atoms with E-state index in [1.807, 2.05) is 24.3 Å². The summed E-state index contributed by atoms with van der Waals surface area (Å²) in [5.41, 5.74) is 1.03. The first-order valence-corrected chi connectivity index (χ1v) is 7.53. The molecule has 1 spiro atoms. The second-order valence-electron chi connectivity index (χ2n) is 5.84. The molecule has 1 aromatic carbocycles. The molecule has 0 saturated carbocycles. The maximum absolute atomic E-state index is 11.7. The zero-order chi connectivity index (χ0) is 15.2. The summed E-state index contributed by atoms with van der Waals surface area (Å²) in [5, 5.41) is 0. The number of rotatable bonds is 2. The summed E-state index contributed by atoms with van der Waals surface area (Å²) in [7, 11) is 1.64. The lowest BCUT2D eigenvalue weighted by atomic mass is 9.90. The molecule has 116 valence electrons. The largest absolute Gasteiger partial charge is 0.497 e. The highest BCUT2D eigenvalue weighted by Crippen LogP contribution is 2.45. The van der Waals surface area contributed by atoms with Crippen LogP contribution in [0.15, 0.2) is 36.4 Å². The normalized spacial score (nSPS) is 36.8. The molecule has 5 heteroatoms. The first-order valence-electron chi connectivity index (χ1n) is 7.53. The molecule has 4 rings (SSSR count). The zero-order valence-electron chi connectivity index (χ0n) is 12.4. The number of hydrogen-bond acceptors (Lipinski definition) is 5. The lowest BCUT2D eigenvalue weighted by molar-refractivity contribution is -0.373. The van der Waals surface area contributed by atoms with Gasteiger partial charge in [-0.2, -0.15) is 0 Å². The van der Waals surface area contributed by atoms with Gasteiger partial charge in [0.05, 0.1) is 19.8 Å². The summed E-state index contributed by atoms with van der Waals surface area (Å²) in [6.07, 6.45) is 3.65. The van der Waals surface area contributed by atoms with Crippen LogP contribution in [0.3, 0.4) is 0 Å². The number of ether oxygens (including phenoxy) is 4. The third kappa shape index (κ3) is 2.17. The van der Waals surface area contributed by atoms with E-state index in [-0.39, 0.29) is 24.4 Å². The standard InChI is InChI=1S/C17H18O5/c1-19-13-4-2-11(3-5-13)16-14-7-9-20-17(22-14)8-6-12(18)10-15(17)21-16/h2-6,8,14-16H,7,9-10H2,1H3/t14-,15+,16+,17-/m0/s1. The minimum Gasteiger partial charge on any atom is -0.497 e. The molecule has 1 aromatic rings. The molecule has 22 heavy (non-hydrogen) atoms. The summed E-state index contributed by atoms with van der Waals surface area (Å²) >= 11 is 0. The van der Waals surface area contributed by atoms with Crippen molar-refractivity contribution in [1.29, 1.82) is 0 Å². The van der Waals surface area contributed by atoms with Crippen LogP contribution >= 0.6 is 0 Å². The van der Waals surface area contributed by atoms with Crippen LogP contribution in [-0.4, -0.2) is 37.5 Å². The average Bonchev–Trinajstić information content (AvgIpc) is 2.56. The van der Waals surface area contributed by atoms with Gasteiger partial charge in [-0.1, -0.05) is 12.1 Å². The van der Waals surface area contributed by atoms with Crippen LogP contribution in [0.25, 0.3) is 0 Å². The predicted molar refractivity (Wildman–Crippen MR) is 77.5 cm³/mol. The van der Waals surface area contributed by atoms with Crippen LogP contribution in [0.5, 0.6) is 5.75 Å². The van der Waals surface area contributed by atoms with Crippen molar-refractivity contribution in [3.05, 3.63) is 42.0 Å². The third-order valence-corrected chi connectivity index (χ3v) is 4.50. The Morgan fingerprint density at radius 3 is 2.86 bits per heavy atom. The number of fused-ring (bicyclic) bond motifs is 1. The Bertz CT molecular complexity index is 608. The van der Waals surface area contributed by atoms with Gasteiger partial charge in [-0.05, 0) is 29.8 Å². The van der Waals surface area contributed by atoms with Gasteiger partial charge in [-0.25, -0.2) is 0 Å².